The maximum Gasteiger partial charge on any atom is 0.340 e. The Balaban J connectivity index is 1.86. The van der Waals surface area contributed by atoms with Gasteiger partial charge in [-0.3, -0.25) is 10.1 Å². The lowest BCUT2D eigenvalue weighted by Crippen LogP contribution is -2.37. The van der Waals surface area contributed by atoms with E-state index in [9.17, 15) is 14.4 Å². The van der Waals surface area contributed by atoms with Gasteiger partial charge >= 0.3 is 12.0 Å². The summed E-state index contributed by atoms with van der Waals surface area (Å²) in [6.07, 6.45) is 0. The molecule has 2 rings (SSSR count). The summed E-state index contributed by atoms with van der Waals surface area (Å²) in [5.41, 5.74) is 2.56. The summed E-state index contributed by atoms with van der Waals surface area (Å²) < 4.78 is 4.84. The molecular weight excluding hydrogens is 379 g/mol. The molecule has 0 bridgehead atoms. The van der Waals surface area contributed by atoms with E-state index >= 15 is 0 Å². The topological polar surface area (TPSA) is 84.5 Å². The van der Waals surface area contributed by atoms with Crippen molar-refractivity contribution < 1.29 is 19.1 Å². The molecule has 0 unspecified atom stereocenters. The first-order valence-corrected chi connectivity index (χ1v) is 8.32. The smallest absolute Gasteiger partial charge is 0.340 e. The van der Waals surface area contributed by atoms with Crippen LogP contribution in [0.5, 0.6) is 0 Å². The summed E-state index contributed by atoms with van der Waals surface area (Å²) in [4.78, 5) is 35.5. The summed E-state index contributed by atoms with van der Waals surface area (Å²) in [5.74, 6) is -1.57. The third kappa shape index (κ3) is 5.47. The summed E-state index contributed by atoms with van der Waals surface area (Å²) >= 11 is 11.6. The van der Waals surface area contributed by atoms with E-state index < -0.39 is 24.5 Å². The number of aryl methyl sites for hydroxylation is 2. The minimum atomic E-state index is -0.795. The molecule has 2 N–H and O–H groups in total. The van der Waals surface area contributed by atoms with Crippen LogP contribution < -0.4 is 10.6 Å². The molecule has 6 nitrogen and oxygen atoms in total. The zero-order chi connectivity index (χ0) is 19.3. The lowest BCUT2D eigenvalue weighted by molar-refractivity contribution is -0.123. The average molecular weight is 395 g/mol. The Morgan fingerprint density at radius 1 is 1.04 bits per heavy atom. The number of carbonyl (C=O) groups is 3. The molecule has 0 atom stereocenters. The van der Waals surface area contributed by atoms with Crippen LogP contribution in [-0.4, -0.2) is 24.5 Å². The van der Waals surface area contributed by atoms with Crippen molar-refractivity contribution >= 4 is 46.8 Å². The summed E-state index contributed by atoms with van der Waals surface area (Å²) in [6, 6.07) is 8.99. The first-order chi connectivity index (χ1) is 12.3. The number of ether oxygens (including phenoxy) is 1. The maximum atomic E-state index is 11.9. The van der Waals surface area contributed by atoms with Crippen LogP contribution in [0.2, 0.25) is 10.0 Å². The van der Waals surface area contributed by atoms with Crippen LogP contribution in [0.3, 0.4) is 0 Å². The molecule has 2 aromatic rings. The Kier molecular flexibility index (Phi) is 6.60. The number of amides is 3. The fraction of sp³-hybridized carbons (Fsp3) is 0.167. The first kappa shape index (κ1) is 19.8. The van der Waals surface area contributed by atoms with Crippen molar-refractivity contribution in [3.63, 3.8) is 0 Å². The van der Waals surface area contributed by atoms with Crippen LogP contribution in [-0.2, 0) is 9.53 Å². The molecule has 0 saturated carbocycles. The highest BCUT2D eigenvalue weighted by atomic mass is 35.5. The van der Waals surface area contributed by atoms with E-state index in [-0.39, 0.29) is 10.6 Å². The van der Waals surface area contributed by atoms with Crippen molar-refractivity contribution in [3.8, 4) is 0 Å². The molecule has 3 amide bonds. The second kappa shape index (κ2) is 8.69. The fourth-order valence-electron chi connectivity index (χ4n) is 2.13. The second-order valence-corrected chi connectivity index (χ2v) is 6.36. The first-order valence-electron chi connectivity index (χ1n) is 7.56. The number of imide groups is 1. The summed E-state index contributed by atoms with van der Waals surface area (Å²) in [5, 5.41) is 5.11. The van der Waals surface area contributed by atoms with Gasteiger partial charge in [0, 0.05) is 10.7 Å². The normalized spacial score (nSPS) is 10.2. The van der Waals surface area contributed by atoms with E-state index in [4.69, 9.17) is 27.9 Å². The van der Waals surface area contributed by atoms with Gasteiger partial charge in [0.2, 0.25) is 0 Å². The summed E-state index contributed by atoms with van der Waals surface area (Å²) in [6.45, 7) is 3.14. The zero-order valence-corrected chi connectivity index (χ0v) is 15.6. The van der Waals surface area contributed by atoms with Gasteiger partial charge in [-0.05, 0) is 43.7 Å². The number of rotatable bonds is 4. The number of carbonyl (C=O) groups excluding carboxylic acids is 3. The van der Waals surface area contributed by atoms with Crippen LogP contribution in [0.15, 0.2) is 36.4 Å². The van der Waals surface area contributed by atoms with E-state index in [0.717, 1.165) is 11.1 Å². The molecule has 0 aliphatic carbocycles. The molecule has 0 heterocycles. The lowest BCUT2D eigenvalue weighted by Gasteiger charge is -2.10. The number of hydrogen-bond acceptors (Lipinski definition) is 4. The van der Waals surface area contributed by atoms with Gasteiger partial charge < -0.3 is 10.1 Å². The number of anilines is 1. The van der Waals surface area contributed by atoms with Crippen LogP contribution >= 0.6 is 23.2 Å². The number of benzene rings is 2. The van der Waals surface area contributed by atoms with Crippen LogP contribution in [0, 0.1) is 13.8 Å². The number of urea groups is 1. The van der Waals surface area contributed by atoms with Gasteiger partial charge in [0.1, 0.15) is 0 Å². The Labute approximate surface area is 160 Å². The van der Waals surface area contributed by atoms with Gasteiger partial charge in [0.25, 0.3) is 5.91 Å². The molecule has 0 aliphatic rings. The third-order valence-corrected chi connectivity index (χ3v) is 3.92. The number of nitrogens with one attached hydrogen (secondary N) is 2. The van der Waals surface area contributed by atoms with Crippen LogP contribution in [0.4, 0.5) is 10.5 Å². The highest BCUT2D eigenvalue weighted by Crippen LogP contribution is 2.21. The molecule has 0 spiro atoms. The number of hydrogen-bond donors (Lipinski definition) is 2. The predicted octanol–water partition coefficient (Wildman–Crippen LogP) is 4.12. The molecule has 2 aromatic carbocycles. The highest BCUT2D eigenvalue weighted by Gasteiger charge is 2.15. The quantitative estimate of drug-likeness (QED) is 0.763. The van der Waals surface area contributed by atoms with Gasteiger partial charge in [0.15, 0.2) is 6.61 Å². The van der Waals surface area contributed by atoms with E-state index in [1.807, 2.05) is 26.0 Å². The minimum absolute atomic E-state index is 0.0728. The summed E-state index contributed by atoms with van der Waals surface area (Å²) in [7, 11) is 0. The van der Waals surface area contributed by atoms with Gasteiger partial charge in [0.05, 0.1) is 10.6 Å². The Bertz CT molecular complexity index is 868. The number of halogens is 2. The molecule has 0 radical (unpaired) electrons. The van der Waals surface area contributed by atoms with Crippen molar-refractivity contribution in [1.82, 2.24) is 5.32 Å². The predicted molar refractivity (Wildman–Crippen MR) is 99.8 cm³/mol. The highest BCUT2D eigenvalue weighted by molar-refractivity contribution is 6.36. The molecule has 8 heteroatoms. The SMILES string of the molecule is Cc1ccc(NC(=O)NC(=O)COC(=O)c2ccc(Cl)cc2Cl)c(C)c1. The van der Waals surface area contributed by atoms with E-state index in [1.54, 1.807) is 6.07 Å². The molecule has 0 fully saturated rings. The van der Waals surface area contributed by atoms with Crippen molar-refractivity contribution in [2.75, 3.05) is 11.9 Å². The largest absolute Gasteiger partial charge is 0.452 e. The van der Waals surface area contributed by atoms with Crippen molar-refractivity contribution in [2.24, 2.45) is 0 Å². The third-order valence-electron chi connectivity index (χ3n) is 3.37. The molecule has 0 aliphatic heterocycles. The van der Waals surface area contributed by atoms with Crippen molar-refractivity contribution in [3.05, 3.63) is 63.1 Å². The molecule has 0 saturated heterocycles. The Morgan fingerprint density at radius 3 is 2.42 bits per heavy atom. The second-order valence-electron chi connectivity index (χ2n) is 5.52. The van der Waals surface area contributed by atoms with Crippen LogP contribution in [0.1, 0.15) is 21.5 Å². The van der Waals surface area contributed by atoms with Gasteiger partial charge in [-0.25, -0.2) is 9.59 Å². The Morgan fingerprint density at radius 2 is 1.77 bits per heavy atom. The zero-order valence-electron chi connectivity index (χ0n) is 14.1. The fourth-order valence-corrected chi connectivity index (χ4v) is 2.62. The molecule has 0 aromatic heterocycles. The Hall–Kier alpha value is -2.57. The average Bonchev–Trinajstić information content (AvgIpc) is 2.55. The molecule has 136 valence electrons. The van der Waals surface area contributed by atoms with E-state index in [1.165, 1.54) is 18.2 Å². The van der Waals surface area contributed by atoms with Gasteiger partial charge in [-0.1, -0.05) is 40.9 Å². The van der Waals surface area contributed by atoms with Crippen molar-refractivity contribution in [1.29, 1.82) is 0 Å². The van der Waals surface area contributed by atoms with E-state index in [2.05, 4.69) is 10.6 Å². The van der Waals surface area contributed by atoms with E-state index in [0.29, 0.717) is 10.7 Å². The number of esters is 1. The molecular formula is C18H16Cl2N2O4. The standard InChI is InChI=1S/C18H16Cl2N2O4/c1-10-3-6-15(11(2)7-10)21-18(25)22-16(23)9-26-17(24)13-5-4-12(19)8-14(13)20/h3-8H,9H2,1-2H3,(H2,21,22,23,25). The van der Waals surface area contributed by atoms with Crippen molar-refractivity contribution in [2.45, 2.75) is 13.8 Å². The van der Waals surface area contributed by atoms with Gasteiger partial charge in [-0.15, -0.1) is 0 Å². The van der Waals surface area contributed by atoms with Gasteiger partial charge in [-0.2, -0.15) is 0 Å². The lowest BCUT2D eigenvalue weighted by atomic mass is 10.1. The minimum Gasteiger partial charge on any atom is -0.452 e. The molecule has 26 heavy (non-hydrogen) atoms. The monoisotopic (exact) mass is 394 g/mol. The maximum absolute atomic E-state index is 11.9. The van der Waals surface area contributed by atoms with Crippen LogP contribution in [0.25, 0.3) is 0 Å².